The molecule has 0 saturated carbocycles. The van der Waals surface area contributed by atoms with Gasteiger partial charge in [0.1, 0.15) is 0 Å². The van der Waals surface area contributed by atoms with E-state index < -0.39 is 24.5 Å². The molecule has 7 heteroatoms. The average Bonchev–Trinajstić information content (AvgIpc) is 2.22. The van der Waals surface area contributed by atoms with Gasteiger partial charge in [-0.15, -0.1) is 0 Å². The number of aliphatic carboxylic acids is 2. The third kappa shape index (κ3) is 7.15. The third-order valence-electron chi connectivity index (χ3n) is 1.56. The molecule has 94 valence electrons. The van der Waals surface area contributed by atoms with Crippen LogP contribution in [0.2, 0.25) is 5.02 Å². The number of carboxylic acids is 2. The molecule has 0 heterocycles. The van der Waals surface area contributed by atoms with Crippen LogP contribution in [0.3, 0.4) is 0 Å². The number of benzene rings is 1. The van der Waals surface area contributed by atoms with E-state index in [2.05, 4.69) is 0 Å². The summed E-state index contributed by atoms with van der Waals surface area (Å²) in [5.74, 6) is -2.85. The molecule has 17 heavy (non-hydrogen) atoms. The molecule has 1 aromatic rings. The molecule has 0 radical (unpaired) electrons. The van der Waals surface area contributed by atoms with E-state index in [0.29, 0.717) is 10.7 Å². The van der Waals surface area contributed by atoms with E-state index >= 15 is 0 Å². The summed E-state index contributed by atoms with van der Waals surface area (Å²) in [5.41, 5.74) is 6.02. The van der Waals surface area contributed by atoms with Crippen LogP contribution in [-0.4, -0.2) is 33.4 Å². The second kappa shape index (κ2) is 7.48. The lowest BCUT2D eigenvalue weighted by Crippen LogP contribution is -2.22. The van der Waals surface area contributed by atoms with Crippen molar-refractivity contribution in [2.75, 3.05) is 5.73 Å². The fraction of sp³-hybridized carbons (Fsp3) is 0.200. The summed E-state index contributed by atoms with van der Waals surface area (Å²) in [4.78, 5) is 19.4. The molecule has 0 aliphatic heterocycles. The van der Waals surface area contributed by atoms with Crippen molar-refractivity contribution < 1.29 is 24.9 Å². The summed E-state index contributed by atoms with van der Waals surface area (Å²) in [6, 6.07) is 7.22. The number of hydrogen-bond acceptors (Lipinski definition) is 4. The number of para-hydroxylation sites is 1. The summed E-state index contributed by atoms with van der Waals surface area (Å²) < 4.78 is 0. The Hall–Kier alpha value is -1.79. The van der Waals surface area contributed by atoms with Crippen molar-refractivity contribution in [1.29, 1.82) is 0 Å². The molecular formula is C10H12ClNO5. The van der Waals surface area contributed by atoms with Gasteiger partial charge in [-0.3, -0.25) is 4.79 Å². The van der Waals surface area contributed by atoms with Crippen molar-refractivity contribution in [3.63, 3.8) is 0 Å². The van der Waals surface area contributed by atoms with Crippen molar-refractivity contribution in [2.24, 2.45) is 0 Å². The predicted octanol–water partition coefficient (Wildman–Crippen LogP) is 0.829. The van der Waals surface area contributed by atoms with E-state index in [0.717, 1.165) is 0 Å². The van der Waals surface area contributed by atoms with Crippen LogP contribution in [0.4, 0.5) is 5.69 Å². The minimum Gasteiger partial charge on any atom is -0.481 e. The first-order valence-electron chi connectivity index (χ1n) is 4.47. The van der Waals surface area contributed by atoms with E-state index in [1.165, 1.54) is 0 Å². The van der Waals surface area contributed by atoms with Gasteiger partial charge in [0.05, 0.1) is 17.1 Å². The van der Waals surface area contributed by atoms with Gasteiger partial charge in [0.2, 0.25) is 0 Å². The predicted molar refractivity (Wildman–Crippen MR) is 61.8 cm³/mol. The monoisotopic (exact) mass is 261 g/mol. The molecule has 1 atom stereocenters. The summed E-state index contributed by atoms with van der Waals surface area (Å²) in [6.45, 7) is 0. The Bertz CT molecular complexity index is 375. The Balaban J connectivity index is 0.000000302. The van der Waals surface area contributed by atoms with Crippen LogP contribution in [0.25, 0.3) is 0 Å². The zero-order chi connectivity index (χ0) is 13.4. The highest BCUT2D eigenvalue weighted by atomic mass is 35.5. The molecule has 6 nitrogen and oxygen atoms in total. The van der Waals surface area contributed by atoms with Crippen LogP contribution in [-0.2, 0) is 9.59 Å². The normalized spacial score (nSPS) is 10.9. The zero-order valence-corrected chi connectivity index (χ0v) is 9.46. The summed E-state index contributed by atoms with van der Waals surface area (Å²) >= 11 is 5.58. The first-order valence-corrected chi connectivity index (χ1v) is 4.85. The Morgan fingerprint density at radius 3 is 2.06 bits per heavy atom. The number of rotatable bonds is 3. The summed E-state index contributed by atoms with van der Waals surface area (Å²) in [7, 11) is 0. The van der Waals surface area contributed by atoms with Gasteiger partial charge >= 0.3 is 11.9 Å². The number of aliphatic hydroxyl groups excluding tert-OH is 1. The highest BCUT2D eigenvalue weighted by molar-refractivity contribution is 6.33. The molecule has 5 N–H and O–H groups in total. The number of hydrogen-bond donors (Lipinski definition) is 4. The van der Waals surface area contributed by atoms with Gasteiger partial charge in [0, 0.05) is 0 Å². The highest BCUT2D eigenvalue weighted by Crippen LogP contribution is 2.15. The van der Waals surface area contributed by atoms with Crippen molar-refractivity contribution in [3.8, 4) is 0 Å². The summed E-state index contributed by atoms with van der Waals surface area (Å²) in [5, 5.41) is 24.8. The number of halogens is 1. The molecule has 0 amide bonds. The van der Waals surface area contributed by atoms with E-state index in [9.17, 15) is 9.59 Å². The molecule has 0 spiro atoms. The molecule has 1 aromatic carbocycles. The smallest absolute Gasteiger partial charge is 0.333 e. The van der Waals surface area contributed by atoms with E-state index in [1.807, 2.05) is 12.1 Å². The Morgan fingerprint density at radius 1 is 1.29 bits per heavy atom. The van der Waals surface area contributed by atoms with Crippen LogP contribution >= 0.6 is 11.6 Å². The van der Waals surface area contributed by atoms with Gasteiger partial charge < -0.3 is 21.1 Å². The molecule has 0 saturated heterocycles. The Labute approximate surface area is 102 Å². The van der Waals surface area contributed by atoms with Gasteiger partial charge in [-0.25, -0.2) is 4.79 Å². The third-order valence-corrected chi connectivity index (χ3v) is 1.90. The number of anilines is 1. The van der Waals surface area contributed by atoms with E-state index in [4.69, 9.17) is 32.7 Å². The molecule has 0 bridgehead atoms. The number of nitrogens with two attached hydrogens (primary N) is 1. The van der Waals surface area contributed by atoms with Crippen molar-refractivity contribution in [3.05, 3.63) is 29.3 Å². The minimum atomic E-state index is -1.79. The second-order valence-electron chi connectivity index (χ2n) is 2.97. The maximum Gasteiger partial charge on any atom is 0.333 e. The average molecular weight is 262 g/mol. The SMILES string of the molecule is Nc1ccccc1Cl.O=C(O)CC(O)C(=O)O. The van der Waals surface area contributed by atoms with Gasteiger partial charge in [0.25, 0.3) is 0 Å². The number of aliphatic hydroxyl groups is 1. The van der Waals surface area contributed by atoms with E-state index in [-0.39, 0.29) is 0 Å². The topological polar surface area (TPSA) is 121 Å². The van der Waals surface area contributed by atoms with Crippen LogP contribution in [0, 0.1) is 0 Å². The quantitative estimate of drug-likeness (QED) is 0.598. The molecule has 1 unspecified atom stereocenters. The largest absolute Gasteiger partial charge is 0.481 e. The second-order valence-corrected chi connectivity index (χ2v) is 3.38. The zero-order valence-electron chi connectivity index (χ0n) is 8.71. The lowest BCUT2D eigenvalue weighted by Gasteiger charge is -1.97. The fourth-order valence-electron chi connectivity index (χ4n) is 0.728. The van der Waals surface area contributed by atoms with Crippen molar-refractivity contribution >= 4 is 29.2 Å². The lowest BCUT2D eigenvalue weighted by atomic mass is 10.3. The molecule has 0 aliphatic carbocycles. The standard InChI is InChI=1S/C6H6ClN.C4H6O5/c7-5-3-1-2-4-6(5)8;5-2(4(8)9)1-3(6)7/h1-4H,8H2;2,5H,1H2,(H,6,7)(H,8,9). The fourth-order valence-corrected chi connectivity index (χ4v) is 0.864. The number of carboxylic acid groups (broad SMARTS) is 2. The van der Waals surface area contributed by atoms with Crippen LogP contribution in [0.5, 0.6) is 0 Å². The van der Waals surface area contributed by atoms with Crippen molar-refractivity contribution in [1.82, 2.24) is 0 Å². The maximum absolute atomic E-state index is 9.72. The van der Waals surface area contributed by atoms with Crippen molar-refractivity contribution in [2.45, 2.75) is 12.5 Å². The Morgan fingerprint density at radius 2 is 1.82 bits per heavy atom. The maximum atomic E-state index is 9.72. The minimum absolute atomic E-state index is 0.618. The van der Waals surface area contributed by atoms with Gasteiger partial charge in [-0.05, 0) is 12.1 Å². The van der Waals surface area contributed by atoms with Crippen LogP contribution in [0.1, 0.15) is 6.42 Å². The van der Waals surface area contributed by atoms with Gasteiger partial charge in [-0.2, -0.15) is 0 Å². The van der Waals surface area contributed by atoms with Gasteiger partial charge in [-0.1, -0.05) is 23.7 Å². The first kappa shape index (κ1) is 15.2. The number of carbonyl (C=O) groups is 2. The van der Waals surface area contributed by atoms with Crippen LogP contribution < -0.4 is 5.73 Å². The number of nitrogen functional groups attached to an aromatic ring is 1. The lowest BCUT2D eigenvalue weighted by molar-refractivity contribution is -0.152. The molecule has 0 aliphatic rings. The molecule has 0 fully saturated rings. The van der Waals surface area contributed by atoms with Crippen LogP contribution in [0.15, 0.2) is 24.3 Å². The Kier molecular flexibility index (Phi) is 6.69. The molecule has 1 rings (SSSR count). The van der Waals surface area contributed by atoms with Gasteiger partial charge in [0.15, 0.2) is 6.10 Å². The summed E-state index contributed by atoms with van der Waals surface area (Å²) in [6.07, 6.45) is -2.54. The molecular weight excluding hydrogens is 250 g/mol. The van der Waals surface area contributed by atoms with E-state index in [1.54, 1.807) is 12.1 Å². The first-order chi connectivity index (χ1) is 7.84. The molecule has 0 aromatic heterocycles. The highest BCUT2D eigenvalue weighted by Gasteiger charge is 2.16.